The Morgan fingerprint density at radius 2 is 2.23 bits per heavy atom. The van der Waals surface area contributed by atoms with Gasteiger partial charge in [-0.05, 0) is 48.4 Å². The van der Waals surface area contributed by atoms with E-state index in [-0.39, 0.29) is 5.82 Å². The highest BCUT2D eigenvalue weighted by Crippen LogP contribution is 2.47. The average molecular weight is 353 g/mol. The minimum atomic E-state index is -0.190. The average Bonchev–Trinajstić information content (AvgIpc) is 2.82. The molecule has 26 heavy (non-hydrogen) atoms. The van der Waals surface area contributed by atoms with E-state index in [1.54, 1.807) is 12.1 Å². The van der Waals surface area contributed by atoms with E-state index in [0.717, 1.165) is 37.5 Å². The molecule has 2 unspecified atom stereocenters. The van der Waals surface area contributed by atoms with Gasteiger partial charge in [0, 0.05) is 48.5 Å². The molecule has 0 aliphatic carbocycles. The molecule has 5 heteroatoms. The summed E-state index contributed by atoms with van der Waals surface area (Å²) in [6.45, 7) is 5.19. The van der Waals surface area contributed by atoms with Crippen LogP contribution in [0.5, 0.6) is 0 Å². The van der Waals surface area contributed by atoms with Gasteiger partial charge in [0.15, 0.2) is 0 Å². The van der Waals surface area contributed by atoms with Gasteiger partial charge >= 0.3 is 0 Å². The Hall–Kier alpha value is -2.11. The van der Waals surface area contributed by atoms with E-state index in [4.69, 9.17) is 4.74 Å². The normalized spacial score (nSPS) is 24.0. The lowest BCUT2D eigenvalue weighted by Gasteiger charge is -2.33. The minimum Gasteiger partial charge on any atom is -0.381 e. The van der Waals surface area contributed by atoms with Crippen LogP contribution in [0.15, 0.2) is 36.4 Å². The number of piperidine rings is 1. The van der Waals surface area contributed by atoms with Crippen LogP contribution in [0.2, 0.25) is 0 Å². The molecular weight excluding hydrogens is 329 g/mol. The fraction of sp³-hybridized carbons (Fsp3) is 0.429. The largest absolute Gasteiger partial charge is 0.381 e. The molecule has 0 amide bonds. The molecule has 0 radical (unpaired) electrons. The van der Waals surface area contributed by atoms with Crippen molar-refractivity contribution in [3.8, 4) is 0 Å². The lowest BCUT2D eigenvalue weighted by atomic mass is 9.89. The van der Waals surface area contributed by atoms with Crippen molar-refractivity contribution in [2.24, 2.45) is 0 Å². The summed E-state index contributed by atoms with van der Waals surface area (Å²) < 4.78 is 19.3. The van der Waals surface area contributed by atoms with Crippen LogP contribution in [0, 0.1) is 5.82 Å². The smallest absolute Gasteiger partial charge is 0.123 e. The van der Waals surface area contributed by atoms with Gasteiger partial charge in [0.2, 0.25) is 0 Å². The van der Waals surface area contributed by atoms with Crippen molar-refractivity contribution in [1.82, 2.24) is 5.32 Å². The van der Waals surface area contributed by atoms with Crippen LogP contribution in [-0.2, 0) is 17.9 Å². The van der Waals surface area contributed by atoms with Crippen molar-refractivity contribution in [3.63, 3.8) is 0 Å². The number of hydrogen-bond donors (Lipinski definition) is 2. The van der Waals surface area contributed by atoms with Crippen molar-refractivity contribution in [2.75, 3.05) is 36.5 Å². The lowest BCUT2D eigenvalue weighted by molar-refractivity contribution is 0.130. The van der Waals surface area contributed by atoms with E-state index < -0.39 is 0 Å². The van der Waals surface area contributed by atoms with Crippen molar-refractivity contribution in [2.45, 2.75) is 31.5 Å². The Labute approximate surface area is 153 Å². The molecule has 2 N–H and O–H groups in total. The summed E-state index contributed by atoms with van der Waals surface area (Å²) in [5.74, 6) is 0.358. The number of rotatable bonds is 3. The number of halogens is 1. The zero-order valence-corrected chi connectivity index (χ0v) is 14.8. The molecular formula is C21H24FN3O. The number of nitrogens with one attached hydrogen (secondary N) is 2. The molecule has 0 aromatic heterocycles. The maximum atomic E-state index is 13.4. The quantitative estimate of drug-likeness (QED) is 0.888. The van der Waals surface area contributed by atoms with Crippen molar-refractivity contribution in [1.29, 1.82) is 0 Å². The molecule has 5 rings (SSSR count). The summed E-state index contributed by atoms with van der Waals surface area (Å²) in [5.41, 5.74) is 6.16. The Bertz CT molecular complexity index is 825. The summed E-state index contributed by atoms with van der Waals surface area (Å²) in [6, 6.07) is 11.9. The van der Waals surface area contributed by atoms with Crippen LogP contribution in [0.1, 0.15) is 29.0 Å². The van der Waals surface area contributed by atoms with E-state index in [0.29, 0.717) is 25.1 Å². The predicted octanol–water partition coefficient (Wildman–Crippen LogP) is 3.23. The lowest BCUT2D eigenvalue weighted by Crippen LogP contribution is -2.44. The molecule has 0 bridgehead atoms. The van der Waals surface area contributed by atoms with Crippen molar-refractivity contribution < 1.29 is 9.13 Å². The van der Waals surface area contributed by atoms with Gasteiger partial charge in [-0.2, -0.15) is 0 Å². The molecule has 136 valence electrons. The number of hydrogen-bond acceptors (Lipinski definition) is 4. The van der Waals surface area contributed by atoms with Crippen LogP contribution < -0.4 is 15.5 Å². The summed E-state index contributed by atoms with van der Waals surface area (Å²) in [5, 5.41) is 7.05. The molecule has 4 nitrogen and oxygen atoms in total. The van der Waals surface area contributed by atoms with Crippen LogP contribution in [0.25, 0.3) is 0 Å². The molecule has 2 aromatic rings. The molecule has 3 heterocycles. The van der Waals surface area contributed by atoms with E-state index in [1.165, 1.54) is 29.3 Å². The number of fused-ring (bicyclic) bond motifs is 3. The zero-order chi connectivity index (χ0) is 17.5. The SMILES string of the molecule is Fc1cccc(CNc2cc3c4c(c2)C2CNCCC2N4CCOC3)c1. The first kappa shape index (κ1) is 16.1. The Morgan fingerprint density at radius 1 is 1.27 bits per heavy atom. The third-order valence-electron chi connectivity index (χ3n) is 5.87. The van der Waals surface area contributed by atoms with Gasteiger partial charge in [-0.15, -0.1) is 0 Å². The van der Waals surface area contributed by atoms with Crippen LogP contribution in [0.3, 0.4) is 0 Å². The fourth-order valence-corrected chi connectivity index (χ4v) is 4.74. The summed E-state index contributed by atoms with van der Waals surface area (Å²) in [4.78, 5) is 2.58. The first-order valence-electron chi connectivity index (χ1n) is 9.50. The summed E-state index contributed by atoms with van der Waals surface area (Å²) >= 11 is 0. The van der Waals surface area contributed by atoms with Crippen molar-refractivity contribution in [3.05, 3.63) is 58.9 Å². The summed E-state index contributed by atoms with van der Waals surface area (Å²) in [6.07, 6.45) is 1.19. The second-order valence-electron chi connectivity index (χ2n) is 7.47. The summed E-state index contributed by atoms with van der Waals surface area (Å²) in [7, 11) is 0. The van der Waals surface area contributed by atoms with Gasteiger partial charge < -0.3 is 20.3 Å². The zero-order valence-electron chi connectivity index (χ0n) is 14.8. The number of ether oxygens (including phenoxy) is 1. The highest BCUT2D eigenvalue weighted by molar-refractivity contribution is 5.72. The number of benzene rings is 2. The third kappa shape index (κ3) is 2.75. The third-order valence-corrected chi connectivity index (χ3v) is 5.87. The van der Waals surface area contributed by atoms with Crippen LogP contribution >= 0.6 is 0 Å². The molecule has 1 saturated heterocycles. The first-order valence-corrected chi connectivity index (χ1v) is 9.50. The van der Waals surface area contributed by atoms with Gasteiger partial charge in [0.1, 0.15) is 5.82 Å². The molecule has 0 spiro atoms. The van der Waals surface area contributed by atoms with Gasteiger partial charge in [-0.3, -0.25) is 0 Å². The molecule has 2 atom stereocenters. The Balaban J connectivity index is 1.47. The standard InChI is InChI=1S/C21H24FN3O/c22-16-3-1-2-14(8-16)11-24-17-9-15-13-26-7-6-25-20-4-5-23-12-19(20)18(10-17)21(15)25/h1-3,8-10,19-20,23-24H,4-7,11-13H2. The molecule has 1 fully saturated rings. The minimum absolute atomic E-state index is 0.190. The second kappa shape index (κ2) is 6.56. The van der Waals surface area contributed by atoms with Crippen LogP contribution in [-0.4, -0.2) is 32.3 Å². The van der Waals surface area contributed by atoms with Gasteiger partial charge in [0.25, 0.3) is 0 Å². The van der Waals surface area contributed by atoms with Gasteiger partial charge in [-0.1, -0.05) is 12.1 Å². The molecule has 3 aliphatic heterocycles. The molecule has 3 aliphatic rings. The second-order valence-corrected chi connectivity index (χ2v) is 7.47. The topological polar surface area (TPSA) is 36.5 Å². The van der Waals surface area contributed by atoms with E-state index in [2.05, 4.69) is 27.7 Å². The highest BCUT2D eigenvalue weighted by atomic mass is 19.1. The van der Waals surface area contributed by atoms with E-state index >= 15 is 0 Å². The molecule has 2 aromatic carbocycles. The Kier molecular flexibility index (Phi) is 4.06. The van der Waals surface area contributed by atoms with Gasteiger partial charge in [-0.25, -0.2) is 4.39 Å². The predicted molar refractivity (Wildman–Crippen MR) is 101 cm³/mol. The number of nitrogens with zero attached hydrogens (tertiary/aromatic N) is 1. The highest BCUT2D eigenvalue weighted by Gasteiger charge is 2.41. The number of anilines is 2. The Morgan fingerprint density at radius 3 is 3.15 bits per heavy atom. The maximum Gasteiger partial charge on any atom is 0.123 e. The monoisotopic (exact) mass is 353 g/mol. The van der Waals surface area contributed by atoms with Gasteiger partial charge in [0.05, 0.1) is 13.2 Å². The molecule has 0 saturated carbocycles. The van der Waals surface area contributed by atoms with E-state index in [1.807, 2.05) is 6.07 Å². The first-order chi connectivity index (χ1) is 12.8. The maximum absolute atomic E-state index is 13.4. The van der Waals surface area contributed by atoms with Crippen LogP contribution in [0.4, 0.5) is 15.8 Å². The van der Waals surface area contributed by atoms with E-state index in [9.17, 15) is 4.39 Å². The fourth-order valence-electron chi connectivity index (χ4n) is 4.74. The van der Waals surface area contributed by atoms with Crippen molar-refractivity contribution >= 4 is 11.4 Å².